The summed E-state index contributed by atoms with van der Waals surface area (Å²) in [6, 6.07) is 3.02. The van der Waals surface area contributed by atoms with Crippen molar-refractivity contribution in [1.82, 2.24) is 9.88 Å². The van der Waals surface area contributed by atoms with Crippen molar-refractivity contribution in [2.75, 3.05) is 24.6 Å². The smallest absolute Gasteiger partial charge is 0.254 e. The van der Waals surface area contributed by atoms with E-state index >= 15 is 0 Å². The van der Waals surface area contributed by atoms with Crippen molar-refractivity contribution in [3.05, 3.63) is 34.2 Å². The fraction of sp³-hybridized carbons (Fsp3) is 0.455. The van der Waals surface area contributed by atoms with E-state index in [1.165, 1.54) is 12.3 Å². The number of carbonyl (C=O) groups excluding carboxylic acids is 1. The summed E-state index contributed by atoms with van der Waals surface area (Å²) in [5, 5.41) is 0. The van der Waals surface area contributed by atoms with E-state index in [-0.39, 0.29) is 11.5 Å². The maximum Gasteiger partial charge on any atom is 0.254 e. The van der Waals surface area contributed by atoms with Gasteiger partial charge in [-0.3, -0.25) is 9.59 Å². The molecule has 1 amide bonds. The second kappa shape index (κ2) is 5.21. The minimum Gasteiger partial charge on any atom is -0.338 e. The summed E-state index contributed by atoms with van der Waals surface area (Å²) in [6.07, 6.45) is 2.54. The number of H-pyrrole nitrogens is 1. The zero-order chi connectivity index (χ0) is 11.4. The SMILES string of the molecule is O=C(c1cc[nH]c(=O)c1)N1CCCSCC1. The van der Waals surface area contributed by atoms with E-state index < -0.39 is 0 Å². The number of pyridine rings is 1. The molecule has 86 valence electrons. The predicted molar refractivity (Wildman–Crippen MR) is 64.9 cm³/mol. The zero-order valence-electron chi connectivity index (χ0n) is 8.94. The van der Waals surface area contributed by atoms with E-state index in [4.69, 9.17) is 0 Å². The van der Waals surface area contributed by atoms with E-state index in [1.807, 2.05) is 16.7 Å². The van der Waals surface area contributed by atoms with Crippen LogP contribution in [0.1, 0.15) is 16.8 Å². The molecule has 0 aromatic carbocycles. The van der Waals surface area contributed by atoms with Crippen LogP contribution >= 0.6 is 11.8 Å². The molecule has 0 radical (unpaired) electrons. The number of amides is 1. The van der Waals surface area contributed by atoms with Crippen LogP contribution in [-0.4, -0.2) is 40.4 Å². The van der Waals surface area contributed by atoms with Crippen LogP contribution < -0.4 is 5.56 Å². The van der Waals surface area contributed by atoms with E-state index in [0.29, 0.717) is 5.56 Å². The minimum absolute atomic E-state index is 0.0337. The van der Waals surface area contributed by atoms with Crippen LogP contribution in [0.2, 0.25) is 0 Å². The van der Waals surface area contributed by atoms with Gasteiger partial charge in [-0.15, -0.1) is 0 Å². The number of hydrogen-bond donors (Lipinski definition) is 1. The largest absolute Gasteiger partial charge is 0.338 e. The monoisotopic (exact) mass is 238 g/mol. The highest BCUT2D eigenvalue weighted by atomic mass is 32.2. The second-order valence-electron chi connectivity index (χ2n) is 3.70. The Kier molecular flexibility index (Phi) is 3.66. The van der Waals surface area contributed by atoms with Crippen LogP contribution in [0.3, 0.4) is 0 Å². The Labute approximate surface area is 98.0 Å². The molecule has 1 aromatic heterocycles. The summed E-state index contributed by atoms with van der Waals surface area (Å²) in [5.74, 6) is 2.06. The van der Waals surface area contributed by atoms with Gasteiger partial charge in [-0.2, -0.15) is 11.8 Å². The molecule has 0 atom stereocenters. The fourth-order valence-electron chi connectivity index (χ4n) is 1.71. The van der Waals surface area contributed by atoms with Gasteiger partial charge in [-0.1, -0.05) is 0 Å². The van der Waals surface area contributed by atoms with Gasteiger partial charge >= 0.3 is 0 Å². The molecule has 4 nitrogen and oxygen atoms in total. The van der Waals surface area contributed by atoms with Crippen molar-refractivity contribution in [3.8, 4) is 0 Å². The van der Waals surface area contributed by atoms with Crippen LogP contribution in [0, 0.1) is 0 Å². The van der Waals surface area contributed by atoms with Gasteiger partial charge in [0.25, 0.3) is 5.91 Å². The van der Waals surface area contributed by atoms with Crippen molar-refractivity contribution in [1.29, 1.82) is 0 Å². The third-order valence-corrected chi connectivity index (χ3v) is 3.58. The molecular formula is C11H14N2O2S. The molecule has 0 aliphatic carbocycles. The number of aromatic amines is 1. The molecule has 16 heavy (non-hydrogen) atoms. The van der Waals surface area contributed by atoms with E-state index in [1.54, 1.807) is 6.07 Å². The van der Waals surface area contributed by atoms with Crippen molar-refractivity contribution in [2.24, 2.45) is 0 Å². The molecule has 0 bridgehead atoms. The highest BCUT2D eigenvalue weighted by molar-refractivity contribution is 7.99. The molecule has 0 unspecified atom stereocenters. The maximum absolute atomic E-state index is 12.1. The van der Waals surface area contributed by atoms with Crippen LogP contribution in [0.25, 0.3) is 0 Å². The van der Waals surface area contributed by atoms with Gasteiger partial charge in [0.2, 0.25) is 5.56 Å². The average Bonchev–Trinajstić information content (AvgIpc) is 2.56. The van der Waals surface area contributed by atoms with Gasteiger partial charge in [0.1, 0.15) is 0 Å². The first-order valence-electron chi connectivity index (χ1n) is 5.33. The molecule has 2 rings (SSSR count). The highest BCUT2D eigenvalue weighted by Gasteiger charge is 2.17. The summed E-state index contributed by atoms with van der Waals surface area (Å²) >= 11 is 1.87. The number of carbonyl (C=O) groups is 1. The van der Waals surface area contributed by atoms with Crippen LogP contribution in [0.4, 0.5) is 0 Å². The van der Waals surface area contributed by atoms with Crippen LogP contribution in [-0.2, 0) is 0 Å². The molecule has 1 fully saturated rings. The first-order valence-corrected chi connectivity index (χ1v) is 6.48. The fourth-order valence-corrected chi connectivity index (χ4v) is 2.60. The molecule has 1 saturated heterocycles. The summed E-state index contributed by atoms with van der Waals surface area (Å²) in [6.45, 7) is 1.56. The molecule has 2 heterocycles. The van der Waals surface area contributed by atoms with Crippen molar-refractivity contribution < 1.29 is 4.79 Å². The lowest BCUT2D eigenvalue weighted by molar-refractivity contribution is 0.0768. The maximum atomic E-state index is 12.1. The number of rotatable bonds is 1. The molecule has 0 saturated carbocycles. The Bertz CT molecular complexity index is 422. The first kappa shape index (κ1) is 11.3. The minimum atomic E-state index is -0.227. The van der Waals surface area contributed by atoms with Gasteiger partial charge in [0, 0.05) is 36.7 Å². The second-order valence-corrected chi connectivity index (χ2v) is 4.92. The Morgan fingerprint density at radius 3 is 3.06 bits per heavy atom. The van der Waals surface area contributed by atoms with Crippen molar-refractivity contribution >= 4 is 17.7 Å². The Morgan fingerprint density at radius 2 is 2.25 bits per heavy atom. The number of hydrogen-bond acceptors (Lipinski definition) is 3. The zero-order valence-corrected chi connectivity index (χ0v) is 9.76. The Hall–Kier alpha value is -1.23. The molecule has 1 aromatic rings. The summed E-state index contributed by atoms with van der Waals surface area (Å²) in [7, 11) is 0. The van der Waals surface area contributed by atoms with Gasteiger partial charge in [-0.05, 0) is 18.2 Å². The third-order valence-electron chi connectivity index (χ3n) is 2.53. The summed E-state index contributed by atoms with van der Waals surface area (Å²) in [5.41, 5.74) is 0.255. The Balaban J connectivity index is 2.14. The lowest BCUT2D eigenvalue weighted by Gasteiger charge is -2.19. The first-order chi connectivity index (χ1) is 7.77. The van der Waals surface area contributed by atoms with Gasteiger partial charge in [0.15, 0.2) is 0 Å². The molecule has 1 N–H and O–H groups in total. The molecule has 1 aliphatic heterocycles. The van der Waals surface area contributed by atoms with Gasteiger partial charge in [-0.25, -0.2) is 0 Å². The number of nitrogens with zero attached hydrogens (tertiary/aromatic N) is 1. The summed E-state index contributed by atoms with van der Waals surface area (Å²) in [4.78, 5) is 27.5. The standard InChI is InChI=1S/C11H14N2O2S/c14-10-8-9(2-3-12-10)11(15)13-4-1-6-16-7-5-13/h2-3,8H,1,4-7H2,(H,12,14). The Morgan fingerprint density at radius 1 is 1.38 bits per heavy atom. The van der Waals surface area contributed by atoms with Crippen LogP contribution in [0.15, 0.2) is 23.1 Å². The lowest BCUT2D eigenvalue weighted by Crippen LogP contribution is -2.33. The number of nitrogens with one attached hydrogen (secondary N) is 1. The molecule has 1 aliphatic rings. The topological polar surface area (TPSA) is 53.2 Å². The van der Waals surface area contributed by atoms with Crippen LogP contribution in [0.5, 0.6) is 0 Å². The molecule has 5 heteroatoms. The third kappa shape index (κ3) is 2.66. The lowest BCUT2D eigenvalue weighted by atomic mass is 10.2. The quantitative estimate of drug-likeness (QED) is 0.792. The van der Waals surface area contributed by atoms with E-state index in [0.717, 1.165) is 31.0 Å². The number of thioether (sulfide) groups is 1. The molecule has 0 spiro atoms. The number of aromatic nitrogens is 1. The molecular weight excluding hydrogens is 224 g/mol. The van der Waals surface area contributed by atoms with Crippen molar-refractivity contribution in [2.45, 2.75) is 6.42 Å². The highest BCUT2D eigenvalue weighted by Crippen LogP contribution is 2.12. The van der Waals surface area contributed by atoms with Gasteiger partial charge in [0.05, 0.1) is 0 Å². The predicted octanol–water partition coefficient (Wildman–Crippen LogP) is 0.954. The average molecular weight is 238 g/mol. The summed E-state index contributed by atoms with van der Waals surface area (Å²) < 4.78 is 0. The van der Waals surface area contributed by atoms with Crippen molar-refractivity contribution in [3.63, 3.8) is 0 Å². The normalized spacial score (nSPS) is 16.9. The van der Waals surface area contributed by atoms with E-state index in [2.05, 4.69) is 4.98 Å². The van der Waals surface area contributed by atoms with Gasteiger partial charge < -0.3 is 9.88 Å². The van der Waals surface area contributed by atoms with E-state index in [9.17, 15) is 9.59 Å².